The van der Waals surface area contributed by atoms with Crippen LogP contribution in [-0.4, -0.2) is 42.6 Å². The van der Waals surface area contributed by atoms with Gasteiger partial charge in [0.1, 0.15) is 6.04 Å². The molecular formula is C27H28N2O5. The average molecular weight is 461 g/mol. The van der Waals surface area contributed by atoms with Crippen LogP contribution in [0.25, 0.3) is 10.8 Å². The van der Waals surface area contributed by atoms with Crippen molar-refractivity contribution in [3.63, 3.8) is 0 Å². The smallest absolute Gasteiger partial charge is 0.338 e. The molecule has 3 atom stereocenters. The molecular weight excluding hydrogens is 432 g/mol. The van der Waals surface area contributed by atoms with E-state index in [1.807, 2.05) is 73.7 Å². The van der Waals surface area contributed by atoms with Crippen LogP contribution in [0.4, 0.5) is 0 Å². The van der Waals surface area contributed by atoms with Gasteiger partial charge in [-0.15, -0.1) is 0 Å². The van der Waals surface area contributed by atoms with E-state index >= 15 is 0 Å². The molecule has 1 fully saturated rings. The maximum absolute atomic E-state index is 13.2. The predicted octanol–water partition coefficient (Wildman–Crippen LogP) is 2.82. The van der Waals surface area contributed by atoms with E-state index in [1.165, 1.54) is 0 Å². The summed E-state index contributed by atoms with van der Waals surface area (Å²) in [5.41, 5.74) is 3.00. The molecule has 0 aliphatic carbocycles. The fourth-order valence-electron chi connectivity index (χ4n) is 3.89. The third kappa shape index (κ3) is 5.61. The van der Waals surface area contributed by atoms with Crippen LogP contribution in [0.5, 0.6) is 0 Å². The quantitative estimate of drug-likeness (QED) is 0.378. The zero-order chi connectivity index (χ0) is 24.1. The molecule has 2 N–H and O–H groups in total. The van der Waals surface area contributed by atoms with Crippen molar-refractivity contribution in [3.8, 4) is 0 Å². The van der Waals surface area contributed by atoms with E-state index in [1.54, 1.807) is 6.92 Å². The Bertz CT molecular complexity index is 1190. The number of amides is 2. The van der Waals surface area contributed by atoms with E-state index < -0.39 is 30.1 Å². The van der Waals surface area contributed by atoms with Gasteiger partial charge < -0.3 is 20.1 Å². The Balaban J connectivity index is 1.45. The normalized spacial score (nSPS) is 17.6. The van der Waals surface area contributed by atoms with Crippen molar-refractivity contribution < 1.29 is 23.9 Å². The van der Waals surface area contributed by atoms with Crippen molar-refractivity contribution >= 4 is 28.6 Å². The Labute approximate surface area is 198 Å². The lowest BCUT2D eigenvalue weighted by molar-refractivity contribution is -0.144. The minimum absolute atomic E-state index is 0.208. The van der Waals surface area contributed by atoms with Gasteiger partial charge in [0.25, 0.3) is 5.91 Å². The number of nitrogens with one attached hydrogen (secondary N) is 2. The number of ether oxygens (including phenoxy) is 2. The number of aryl methyl sites for hydroxylation is 1. The summed E-state index contributed by atoms with van der Waals surface area (Å²) in [6.07, 6.45) is -1.55. The second-order valence-electron chi connectivity index (χ2n) is 8.34. The summed E-state index contributed by atoms with van der Waals surface area (Å²) in [5.74, 6) is -1.39. The summed E-state index contributed by atoms with van der Waals surface area (Å²) < 4.78 is 10.1. The van der Waals surface area contributed by atoms with Gasteiger partial charge in [-0.1, -0.05) is 72.3 Å². The van der Waals surface area contributed by atoms with Gasteiger partial charge in [0.15, 0.2) is 12.2 Å². The fourth-order valence-corrected chi connectivity index (χ4v) is 3.89. The zero-order valence-corrected chi connectivity index (χ0v) is 19.2. The Kier molecular flexibility index (Phi) is 7.23. The standard InChI is InChI=1S/C27H28N2O5/c1-3-33-27(32)24-23(34-24)26(31)29-22(15-18-13-11-17(2)12-14-18)25(30)28-16-20-9-6-8-19-7-4-5-10-21(19)20/h4-14,22-24H,3,15-16H2,1-2H3,(H,28,30)(H,29,31)/t22-,23-,24-/m0/s1. The second kappa shape index (κ2) is 10.5. The number of hydrogen-bond donors (Lipinski definition) is 2. The monoisotopic (exact) mass is 460 g/mol. The third-order valence-corrected chi connectivity index (χ3v) is 5.80. The van der Waals surface area contributed by atoms with Gasteiger partial charge in [-0.25, -0.2) is 4.79 Å². The molecule has 176 valence electrons. The van der Waals surface area contributed by atoms with E-state index in [0.29, 0.717) is 13.0 Å². The molecule has 1 aliphatic rings. The van der Waals surface area contributed by atoms with Gasteiger partial charge in [-0.2, -0.15) is 0 Å². The third-order valence-electron chi connectivity index (χ3n) is 5.80. The highest BCUT2D eigenvalue weighted by atomic mass is 16.6. The first-order chi connectivity index (χ1) is 16.5. The van der Waals surface area contributed by atoms with Crippen LogP contribution in [0.1, 0.15) is 23.6 Å². The number of carbonyl (C=O) groups excluding carboxylic acids is 3. The highest BCUT2D eigenvalue weighted by Gasteiger charge is 2.52. The van der Waals surface area contributed by atoms with Gasteiger partial charge in [0, 0.05) is 13.0 Å². The first-order valence-electron chi connectivity index (χ1n) is 11.4. The highest BCUT2D eigenvalue weighted by Crippen LogP contribution is 2.24. The van der Waals surface area contributed by atoms with Crippen LogP contribution in [0.3, 0.4) is 0 Å². The highest BCUT2D eigenvalue weighted by molar-refractivity contribution is 5.95. The number of epoxide rings is 1. The van der Waals surface area contributed by atoms with Crippen LogP contribution in [0, 0.1) is 6.92 Å². The molecule has 3 aromatic carbocycles. The molecule has 7 nitrogen and oxygen atoms in total. The van der Waals surface area contributed by atoms with Crippen molar-refractivity contribution in [2.24, 2.45) is 0 Å². The van der Waals surface area contributed by atoms with Crippen molar-refractivity contribution in [1.29, 1.82) is 0 Å². The van der Waals surface area contributed by atoms with Gasteiger partial charge >= 0.3 is 5.97 Å². The summed E-state index contributed by atoms with van der Waals surface area (Å²) in [6.45, 7) is 4.21. The van der Waals surface area contributed by atoms with Crippen molar-refractivity contribution in [1.82, 2.24) is 10.6 Å². The van der Waals surface area contributed by atoms with E-state index in [9.17, 15) is 14.4 Å². The maximum atomic E-state index is 13.2. The number of benzene rings is 3. The summed E-state index contributed by atoms with van der Waals surface area (Å²) in [7, 11) is 0. The Morgan fingerprint density at radius 2 is 1.71 bits per heavy atom. The lowest BCUT2D eigenvalue weighted by Crippen LogP contribution is -2.49. The molecule has 7 heteroatoms. The van der Waals surface area contributed by atoms with Crippen LogP contribution in [-0.2, 0) is 36.8 Å². The number of rotatable bonds is 9. The SMILES string of the molecule is CCOC(=O)[C@H]1O[C@@H]1C(=O)N[C@@H](Cc1ccc(C)cc1)C(=O)NCc1cccc2ccccc12. The number of fused-ring (bicyclic) bond motifs is 1. The Morgan fingerprint density at radius 3 is 2.47 bits per heavy atom. The largest absolute Gasteiger partial charge is 0.464 e. The van der Waals surface area contributed by atoms with Crippen LogP contribution < -0.4 is 10.6 Å². The Hall–Kier alpha value is -3.71. The minimum Gasteiger partial charge on any atom is -0.464 e. The lowest BCUT2D eigenvalue weighted by atomic mass is 10.0. The van der Waals surface area contributed by atoms with E-state index in [4.69, 9.17) is 9.47 Å². The fraction of sp³-hybridized carbons (Fsp3) is 0.296. The molecule has 4 rings (SSSR count). The van der Waals surface area contributed by atoms with Crippen LogP contribution >= 0.6 is 0 Å². The molecule has 0 bridgehead atoms. The summed E-state index contributed by atoms with van der Waals surface area (Å²) >= 11 is 0. The van der Waals surface area contributed by atoms with Gasteiger partial charge in [-0.3, -0.25) is 9.59 Å². The summed E-state index contributed by atoms with van der Waals surface area (Å²) in [4.78, 5) is 37.7. The zero-order valence-electron chi connectivity index (χ0n) is 19.2. The van der Waals surface area contributed by atoms with Crippen LogP contribution in [0.15, 0.2) is 66.7 Å². The van der Waals surface area contributed by atoms with Crippen molar-refractivity contribution in [2.75, 3.05) is 6.61 Å². The molecule has 3 aromatic rings. The predicted molar refractivity (Wildman–Crippen MR) is 128 cm³/mol. The van der Waals surface area contributed by atoms with Gasteiger partial charge in [0.05, 0.1) is 6.61 Å². The molecule has 1 saturated heterocycles. The van der Waals surface area contributed by atoms with Gasteiger partial charge in [-0.05, 0) is 35.7 Å². The topological polar surface area (TPSA) is 97.0 Å². The lowest BCUT2D eigenvalue weighted by Gasteiger charge is -2.19. The Morgan fingerprint density at radius 1 is 0.971 bits per heavy atom. The molecule has 0 unspecified atom stereocenters. The second-order valence-corrected chi connectivity index (χ2v) is 8.34. The minimum atomic E-state index is -0.939. The molecule has 0 saturated carbocycles. The van der Waals surface area contributed by atoms with Crippen molar-refractivity contribution in [3.05, 3.63) is 83.4 Å². The molecule has 0 aromatic heterocycles. The van der Waals surface area contributed by atoms with Crippen molar-refractivity contribution in [2.45, 2.75) is 45.1 Å². The average Bonchev–Trinajstić information content (AvgIpc) is 3.65. The van der Waals surface area contributed by atoms with E-state index in [0.717, 1.165) is 27.5 Å². The molecule has 2 amide bonds. The number of esters is 1. The maximum Gasteiger partial charge on any atom is 0.338 e. The van der Waals surface area contributed by atoms with Crippen LogP contribution in [0.2, 0.25) is 0 Å². The molecule has 1 heterocycles. The molecule has 34 heavy (non-hydrogen) atoms. The molecule has 0 spiro atoms. The summed E-state index contributed by atoms with van der Waals surface area (Å²) in [6, 6.07) is 20.9. The number of carbonyl (C=O) groups is 3. The van der Waals surface area contributed by atoms with E-state index in [-0.39, 0.29) is 12.5 Å². The first-order valence-corrected chi connectivity index (χ1v) is 11.4. The van der Waals surface area contributed by atoms with Gasteiger partial charge in [0.2, 0.25) is 5.91 Å². The number of hydrogen-bond acceptors (Lipinski definition) is 5. The molecule has 0 radical (unpaired) electrons. The van der Waals surface area contributed by atoms with E-state index in [2.05, 4.69) is 10.6 Å². The molecule has 1 aliphatic heterocycles. The summed E-state index contributed by atoms with van der Waals surface area (Å²) in [5, 5.41) is 7.87. The first kappa shape index (κ1) is 23.4.